The van der Waals surface area contributed by atoms with Crippen LogP contribution in [0.4, 0.5) is 0 Å². The van der Waals surface area contributed by atoms with Crippen molar-refractivity contribution in [2.75, 3.05) is 12.9 Å². The summed E-state index contributed by atoms with van der Waals surface area (Å²) in [4.78, 5) is 13.3. The van der Waals surface area contributed by atoms with Crippen LogP contribution in [0.15, 0.2) is 53.4 Å². The molecule has 1 aliphatic rings. The molecule has 2 heterocycles. The molecule has 0 fully saturated rings. The Morgan fingerprint density at radius 3 is 2.77 bits per heavy atom. The lowest BCUT2D eigenvalue weighted by Crippen LogP contribution is -2.11. The van der Waals surface area contributed by atoms with Crippen LogP contribution in [-0.2, 0) is 22.5 Å². The lowest BCUT2D eigenvalue weighted by molar-refractivity contribution is -0.142. The summed E-state index contributed by atoms with van der Waals surface area (Å²) >= 11 is 7.90. The van der Waals surface area contributed by atoms with Crippen molar-refractivity contribution in [3.63, 3.8) is 0 Å². The predicted molar refractivity (Wildman–Crippen MR) is 126 cm³/mol. The Labute approximate surface area is 187 Å². The first-order chi connectivity index (χ1) is 14.6. The SMILES string of the molecule is CCOC(=O)C/C=C1\CCCn2c1c(Cc1ccc(Cl)cc1)c1c(SC)cccc12. The van der Waals surface area contributed by atoms with Gasteiger partial charge in [-0.3, -0.25) is 4.79 Å². The Hall–Kier alpha value is -2.17. The average Bonchev–Trinajstić information content (AvgIpc) is 3.08. The van der Waals surface area contributed by atoms with Crippen LogP contribution in [0.5, 0.6) is 0 Å². The number of carbonyl (C=O) groups is 1. The van der Waals surface area contributed by atoms with Crippen LogP contribution in [-0.4, -0.2) is 23.4 Å². The maximum Gasteiger partial charge on any atom is 0.309 e. The second-order valence-electron chi connectivity index (χ2n) is 7.48. The Kier molecular flexibility index (Phi) is 6.55. The van der Waals surface area contributed by atoms with Crippen molar-refractivity contribution in [1.82, 2.24) is 4.57 Å². The lowest BCUT2D eigenvalue weighted by Gasteiger charge is -2.21. The summed E-state index contributed by atoms with van der Waals surface area (Å²) in [7, 11) is 0. The van der Waals surface area contributed by atoms with Crippen LogP contribution >= 0.6 is 23.4 Å². The monoisotopic (exact) mass is 439 g/mol. The van der Waals surface area contributed by atoms with Gasteiger partial charge in [0.25, 0.3) is 0 Å². The zero-order valence-corrected chi connectivity index (χ0v) is 19.0. The Balaban J connectivity index is 1.87. The van der Waals surface area contributed by atoms with Crippen molar-refractivity contribution in [3.05, 3.63) is 70.4 Å². The van der Waals surface area contributed by atoms with Crippen LogP contribution in [0, 0.1) is 0 Å². The molecule has 156 valence electrons. The van der Waals surface area contributed by atoms with Crippen molar-refractivity contribution in [2.24, 2.45) is 0 Å². The number of aromatic nitrogens is 1. The number of benzene rings is 2. The first kappa shape index (κ1) is 21.1. The number of carbonyl (C=O) groups excluding carboxylic acids is 1. The molecule has 0 bridgehead atoms. The van der Waals surface area contributed by atoms with E-state index in [2.05, 4.69) is 47.2 Å². The summed E-state index contributed by atoms with van der Waals surface area (Å²) < 4.78 is 7.59. The topological polar surface area (TPSA) is 31.2 Å². The normalized spacial score (nSPS) is 14.8. The third kappa shape index (κ3) is 4.17. The molecule has 0 saturated carbocycles. The summed E-state index contributed by atoms with van der Waals surface area (Å²) in [5, 5.41) is 2.08. The number of rotatable bonds is 6. The van der Waals surface area contributed by atoms with Gasteiger partial charge in [0.2, 0.25) is 0 Å². The molecule has 0 unspecified atom stereocenters. The van der Waals surface area contributed by atoms with Gasteiger partial charge in [0.05, 0.1) is 13.0 Å². The number of hydrogen-bond donors (Lipinski definition) is 0. The molecule has 2 aromatic carbocycles. The van der Waals surface area contributed by atoms with E-state index in [1.165, 1.54) is 38.2 Å². The van der Waals surface area contributed by atoms with Crippen LogP contribution < -0.4 is 0 Å². The van der Waals surface area contributed by atoms with E-state index in [0.29, 0.717) is 13.0 Å². The standard InChI is InChI=1S/C25H26ClNO2S/c1-3-29-23(28)14-11-18-6-5-15-27-21-7-4-8-22(30-2)24(21)20(25(18)27)16-17-9-12-19(26)13-10-17/h4,7-13H,3,5-6,14-16H2,1-2H3/b18-11+. The van der Waals surface area contributed by atoms with Crippen molar-refractivity contribution >= 4 is 45.8 Å². The molecule has 0 saturated heterocycles. The molecule has 0 N–H and O–H groups in total. The van der Waals surface area contributed by atoms with Gasteiger partial charge in [-0.25, -0.2) is 0 Å². The Morgan fingerprint density at radius 1 is 1.23 bits per heavy atom. The first-order valence-electron chi connectivity index (χ1n) is 10.4. The fourth-order valence-electron chi connectivity index (χ4n) is 4.37. The number of hydrogen-bond acceptors (Lipinski definition) is 3. The second kappa shape index (κ2) is 9.32. The van der Waals surface area contributed by atoms with Gasteiger partial charge in [0.1, 0.15) is 0 Å². The van der Waals surface area contributed by atoms with Crippen molar-refractivity contribution in [1.29, 1.82) is 0 Å². The minimum atomic E-state index is -0.165. The molecule has 0 amide bonds. The van der Waals surface area contributed by atoms with E-state index >= 15 is 0 Å². The van der Waals surface area contributed by atoms with Gasteiger partial charge in [-0.05, 0) is 67.0 Å². The number of aryl methyl sites for hydroxylation is 1. The first-order valence-corrected chi connectivity index (χ1v) is 12.0. The van der Waals surface area contributed by atoms with Crippen LogP contribution in [0.25, 0.3) is 16.5 Å². The summed E-state index contributed by atoms with van der Waals surface area (Å²) in [6.45, 7) is 3.26. The highest BCUT2D eigenvalue weighted by Crippen LogP contribution is 2.41. The van der Waals surface area contributed by atoms with E-state index in [-0.39, 0.29) is 5.97 Å². The summed E-state index contributed by atoms with van der Waals surface area (Å²) in [6, 6.07) is 14.7. The Bertz CT molecular complexity index is 1100. The van der Waals surface area contributed by atoms with Crippen molar-refractivity contribution < 1.29 is 9.53 Å². The van der Waals surface area contributed by atoms with Crippen LogP contribution in [0.1, 0.15) is 43.0 Å². The van der Waals surface area contributed by atoms with Gasteiger partial charge < -0.3 is 9.30 Å². The number of esters is 1. The number of fused-ring (bicyclic) bond motifs is 3. The Morgan fingerprint density at radius 2 is 2.03 bits per heavy atom. The van der Waals surface area contributed by atoms with Gasteiger partial charge in [-0.15, -0.1) is 11.8 Å². The van der Waals surface area contributed by atoms with E-state index in [1.807, 2.05) is 19.1 Å². The quantitative estimate of drug-likeness (QED) is 0.315. The maximum absolute atomic E-state index is 12.0. The third-order valence-electron chi connectivity index (χ3n) is 5.62. The highest BCUT2D eigenvalue weighted by Gasteiger charge is 2.25. The van der Waals surface area contributed by atoms with E-state index in [1.54, 1.807) is 11.8 Å². The van der Waals surface area contributed by atoms with E-state index in [4.69, 9.17) is 16.3 Å². The number of thioether (sulfide) groups is 1. The van der Waals surface area contributed by atoms with Gasteiger partial charge in [0, 0.05) is 39.5 Å². The largest absolute Gasteiger partial charge is 0.466 e. The fraction of sp³-hybridized carbons (Fsp3) is 0.320. The number of ether oxygens (including phenoxy) is 1. The highest BCUT2D eigenvalue weighted by atomic mass is 35.5. The third-order valence-corrected chi connectivity index (χ3v) is 6.65. The molecular formula is C25H26ClNO2S. The van der Waals surface area contributed by atoms with Crippen molar-refractivity contribution in [3.8, 4) is 0 Å². The summed E-state index contributed by atoms with van der Waals surface area (Å²) in [5.41, 5.74) is 6.38. The van der Waals surface area contributed by atoms with Crippen molar-refractivity contribution in [2.45, 2.75) is 44.0 Å². The average molecular weight is 440 g/mol. The van der Waals surface area contributed by atoms with E-state index < -0.39 is 0 Å². The van der Waals surface area contributed by atoms with Gasteiger partial charge in [-0.2, -0.15) is 0 Å². The molecule has 0 radical (unpaired) electrons. The van der Waals surface area contributed by atoms with E-state index in [9.17, 15) is 4.79 Å². The molecule has 3 nitrogen and oxygen atoms in total. The molecule has 1 aliphatic heterocycles. The summed E-state index contributed by atoms with van der Waals surface area (Å²) in [6.07, 6.45) is 7.43. The van der Waals surface area contributed by atoms with Crippen LogP contribution in [0.2, 0.25) is 5.02 Å². The van der Waals surface area contributed by atoms with Crippen LogP contribution in [0.3, 0.4) is 0 Å². The minimum Gasteiger partial charge on any atom is -0.466 e. The van der Waals surface area contributed by atoms with Gasteiger partial charge in [-0.1, -0.05) is 35.9 Å². The molecule has 5 heteroatoms. The molecular weight excluding hydrogens is 414 g/mol. The molecule has 1 aromatic heterocycles. The molecule has 4 rings (SSSR count). The molecule has 30 heavy (non-hydrogen) atoms. The zero-order valence-electron chi connectivity index (χ0n) is 17.4. The number of halogens is 1. The second-order valence-corrected chi connectivity index (χ2v) is 8.76. The highest BCUT2D eigenvalue weighted by molar-refractivity contribution is 7.98. The minimum absolute atomic E-state index is 0.165. The predicted octanol–water partition coefficient (Wildman–Crippen LogP) is 6.74. The molecule has 0 spiro atoms. The van der Waals surface area contributed by atoms with E-state index in [0.717, 1.165) is 30.8 Å². The number of nitrogens with zero attached hydrogens (tertiary/aromatic N) is 1. The smallest absolute Gasteiger partial charge is 0.309 e. The molecule has 0 atom stereocenters. The molecule has 3 aromatic rings. The summed E-state index contributed by atoms with van der Waals surface area (Å²) in [5.74, 6) is -0.165. The molecule has 0 aliphatic carbocycles. The number of allylic oxidation sites excluding steroid dienone is 1. The maximum atomic E-state index is 12.0. The zero-order chi connectivity index (χ0) is 21.1. The fourth-order valence-corrected chi connectivity index (χ4v) is 5.14. The van der Waals surface area contributed by atoms with Gasteiger partial charge >= 0.3 is 5.97 Å². The lowest BCUT2D eigenvalue weighted by atomic mass is 9.94. The van der Waals surface area contributed by atoms with Gasteiger partial charge in [0.15, 0.2) is 0 Å².